The van der Waals surface area contributed by atoms with E-state index in [1.165, 1.54) is 0 Å². The highest BCUT2D eigenvalue weighted by Gasteiger charge is 2.51. The van der Waals surface area contributed by atoms with E-state index in [0.29, 0.717) is 0 Å². The molecular weight excluding hydrogens is 474 g/mol. The fourth-order valence-corrected chi connectivity index (χ4v) is 3.98. The molecule has 1 heterocycles. The van der Waals surface area contributed by atoms with Gasteiger partial charge in [-0.15, -0.1) is 4.72 Å². The molecular formula is C16H26F6N2O5SSi. The van der Waals surface area contributed by atoms with Gasteiger partial charge in [0.15, 0.2) is 0 Å². The van der Waals surface area contributed by atoms with Crippen molar-refractivity contribution in [3.63, 3.8) is 0 Å². The number of nitrogens with one attached hydrogen (secondary N) is 1. The van der Waals surface area contributed by atoms with Gasteiger partial charge in [-0.3, -0.25) is 4.98 Å². The van der Waals surface area contributed by atoms with Crippen LogP contribution in [0.4, 0.5) is 26.3 Å². The van der Waals surface area contributed by atoms with Gasteiger partial charge in [0, 0.05) is 39.8 Å². The second-order valence-electron chi connectivity index (χ2n) is 5.43. The summed E-state index contributed by atoms with van der Waals surface area (Å²) in [4.78, 5) is 3.85. The van der Waals surface area contributed by atoms with Gasteiger partial charge >= 0.3 is 30.6 Å². The van der Waals surface area contributed by atoms with Crippen LogP contribution in [0.1, 0.15) is 25.3 Å². The molecule has 0 aromatic carbocycles. The highest BCUT2D eigenvalue weighted by molar-refractivity contribution is 7.90. The lowest BCUT2D eigenvalue weighted by molar-refractivity contribution is -0.143. The first-order chi connectivity index (χ1) is 14.1. The third-order valence-corrected chi connectivity index (χ3v) is 7.21. The average molecular weight is 501 g/mol. The van der Waals surface area contributed by atoms with E-state index in [0.717, 1.165) is 24.4 Å². The first kappa shape index (κ1) is 31.7. The molecule has 31 heavy (non-hydrogen) atoms. The van der Waals surface area contributed by atoms with E-state index in [4.69, 9.17) is 13.3 Å². The maximum Gasteiger partial charge on any atom is 0.511 e. The van der Waals surface area contributed by atoms with Gasteiger partial charge in [0.2, 0.25) is 0 Å². The van der Waals surface area contributed by atoms with Crippen LogP contribution in [0.15, 0.2) is 31.1 Å². The zero-order valence-corrected chi connectivity index (χ0v) is 19.2. The van der Waals surface area contributed by atoms with Crippen molar-refractivity contribution >= 4 is 24.9 Å². The number of hydrogen-bond acceptors (Lipinski definition) is 6. The van der Waals surface area contributed by atoms with Crippen molar-refractivity contribution in [2.24, 2.45) is 0 Å². The van der Waals surface area contributed by atoms with Crippen LogP contribution in [-0.4, -0.2) is 55.3 Å². The monoisotopic (exact) mass is 500 g/mol. The minimum absolute atomic E-state index is 0.517. The number of rotatable bonds is 8. The minimum Gasteiger partial charge on any atom is -0.377 e. The summed E-state index contributed by atoms with van der Waals surface area (Å²) in [5.74, 6) is 0. The lowest BCUT2D eigenvalue weighted by Gasteiger charge is -2.23. The number of unbranched alkanes of at least 4 members (excludes halogenated alkanes) is 1. The zero-order valence-electron chi connectivity index (χ0n) is 17.4. The molecule has 0 bridgehead atoms. The topological polar surface area (TPSA) is 86.8 Å². The summed E-state index contributed by atoms with van der Waals surface area (Å²) in [6.07, 6.45) is 1.91. The quantitative estimate of drug-likeness (QED) is 0.325. The Labute approximate surface area is 178 Å². The summed E-state index contributed by atoms with van der Waals surface area (Å²) < 4.78 is 102. The van der Waals surface area contributed by atoms with E-state index in [1.54, 1.807) is 39.8 Å². The summed E-state index contributed by atoms with van der Waals surface area (Å²) in [5.41, 5.74) is -4.84. The Morgan fingerprint density at radius 2 is 1.52 bits per heavy atom. The van der Waals surface area contributed by atoms with Gasteiger partial charge < -0.3 is 13.3 Å². The summed E-state index contributed by atoms with van der Waals surface area (Å²) in [6.45, 7) is 5.74. The Morgan fingerprint density at radius 3 is 1.74 bits per heavy atom. The molecule has 0 aliphatic rings. The summed E-state index contributed by atoms with van der Waals surface area (Å²) in [6, 6.07) is 4.73. The second kappa shape index (κ2) is 14.5. The highest BCUT2D eigenvalue weighted by atomic mass is 32.2. The standard InChI is InChI=1S/C7H7N.C7H18O3Si.C2HF6NO2S/c1-2-7-3-5-8-6-4-7;1-5-6-7-11(8-2,9-3)10-4;3-1(4,5)9-12(10,11)2(6,7)8/h2-6H,1H2;5-7H2,1-4H3;9H. The van der Waals surface area contributed by atoms with Gasteiger partial charge in [-0.25, -0.2) is 8.42 Å². The van der Waals surface area contributed by atoms with E-state index in [-0.39, 0.29) is 0 Å². The van der Waals surface area contributed by atoms with E-state index >= 15 is 0 Å². The van der Waals surface area contributed by atoms with Gasteiger partial charge in [0.1, 0.15) is 0 Å². The molecule has 0 radical (unpaired) electrons. The molecule has 0 fully saturated rings. The van der Waals surface area contributed by atoms with Gasteiger partial charge in [-0.2, -0.15) is 26.3 Å². The van der Waals surface area contributed by atoms with Crippen LogP contribution in [-0.2, 0) is 23.3 Å². The number of nitrogens with zero attached hydrogens (tertiary/aromatic N) is 1. The summed E-state index contributed by atoms with van der Waals surface area (Å²) in [5, 5.41) is 0. The van der Waals surface area contributed by atoms with Crippen LogP contribution in [0.3, 0.4) is 0 Å². The molecule has 7 nitrogen and oxygen atoms in total. The number of sulfonamides is 1. The fourth-order valence-electron chi connectivity index (χ4n) is 1.66. The number of alkyl halides is 6. The molecule has 0 aliphatic carbocycles. The Kier molecular flexibility index (Phi) is 14.8. The maximum absolute atomic E-state index is 11.2. The highest BCUT2D eigenvalue weighted by Crippen LogP contribution is 2.25. The van der Waals surface area contributed by atoms with Crippen LogP contribution in [0, 0.1) is 0 Å². The molecule has 0 saturated carbocycles. The number of pyridine rings is 1. The molecule has 0 atom stereocenters. The first-order valence-corrected chi connectivity index (χ1v) is 11.9. The van der Waals surface area contributed by atoms with Crippen molar-refractivity contribution < 1.29 is 48.0 Å². The Bertz CT molecular complexity index is 705. The van der Waals surface area contributed by atoms with Crippen molar-refractivity contribution in [2.75, 3.05) is 21.3 Å². The van der Waals surface area contributed by atoms with Crippen LogP contribution >= 0.6 is 0 Å². The van der Waals surface area contributed by atoms with Crippen molar-refractivity contribution in [1.29, 1.82) is 0 Å². The SMILES string of the molecule is C=Cc1ccncc1.CCCC[Si](OC)(OC)OC.O=S(=O)(NC(F)(F)F)C(F)(F)F. The maximum atomic E-state index is 11.2. The molecule has 182 valence electrons. The number of hydrogen-bond donors (Lipinski definition) is 1. The van der Waals surface area contributed by atoms with Crippen LogP contribution in [0.2, 0.25) is 6.04 Å². The molecule has 1 N–H and O–H groups in total. The summed E-state index contributed by atoms with van der Waals surface area (Å²) in [7, 11) is -3.63. The first-order valence-electron chi connectivity index (χ1n) is 8.48. The van der Waals surface area contributed by atoms with Gasteiger partial charge in [-0.05, 0) is 24.1 Å². The Balaban J connectivity index is 0. The molecule has 15 heteroatoms. The zero-order chi connectivity index (χ0) is 24.8. The van der Waals surface area contributed by atoms with Crippen molar-refractivity contribution in [3.05, 3.63) is 36.7 Å². The number of halogens is 6. The smallest absolute Gasteiger partial charge is 0.377 e. The molecule has 0 spiro atoms. The van der Waals surface area contributed by atoms with E-state index in [9.17, 15) is 34.8 Å². The Morgan fingerprint density at radius 1 is 1.06 bits per heavy atom. The van der Waals surface area contributed by atoms with Gasteiger partial charge in [0.05, 0.1) is 0 Å². The molecule has 0 aliphatic heterocycles. The average Bonchev–Trinajstić information content (AvgIpc) is 2.68. The van der Waals surface area contributed by atoms with Gasteiger partial charge in [0.25, 0.3) is 0 Å². The van der Waals surface area contributed by atoms with E-state index in [1.807, 2.05) is 12.1 Å². The van der Waals surface area contributed by atoms with Gasteiger partial charge in [-0.1, -0.05) is 26.0 Å². The third-order valence-electron chi connectivity index (χ3n) is 3.27. The van der Waals surface area contributed by atoms with Crippen LogP contribution < -0.4 is 4.72 Å². The molecule has 0 amide bonds. The minimum atomic E-state index is -6.33. The number of aromatic nitrogens is 1. The second-order valence-corrected chi connectivity index (χ2v) is 10.2. The van der Waals surface area contributed by atoms with Crippen molar-refractivity contribution in [2.45, 2.75) is 37.6 Å². The fraction of sp³-hybridized carbons (Fsp3) is 0.562. The largest absolute Gasteiger partial charge is 0.511 e. The summed E-state index contributed by atoms with van der Waals surface area (Å²) >= 11 is 0. The van der Waals surface area contributed by atoms with Crippen LogP contribution in [0.25, 0.3) is 6.08 Å². The van der Waals surface area contributed by atoms with Crippen molar-refractivity contribution in [1.82, 2.24) is 9.71 Å². The molecule has 1 aromatic heterocycles. The Hall–Kier alpha value is -1.52. The lowest BCUT2D eigenvalue weighted by Crippen LogP contribution is -2.44. The third kappa shape index (κ3) is 14.2. The lowest BCUT2D eigenvalue weighted by atomic mass is 10.3. The molecule has 1 rings (SSSR count). The normalized spacial score (nSPS) is 12.2. The molecule has 1 aromatic rings. The van der Waals surface area contributed by atoms with Crippen molar-refractivity contribution in [3.8, 4) is 0 Å². The van der Waals surface area contributed by atoms with Crippen LogP contribution in [0.5, 0.6) is 0 Å². The van der Waals surface area contributed by atoms with E-state index in [2.05, 4.69) is 18.5 Å². The predicted molar refractivity (Wildman–Crippen MR) is 105 cm³/mol. The predicted octanol–water partition coefficient (Wildman–Crippen LogP) is 4.33. The molecule has 0 saturated heterocycles. The van der Waals surface area contributed by atoms with E-state index < -0.39 is 35.4 Å². The molecule has 0 unspecified atom stereocenters.